The summed E-state index contributed by atoms with van der Waals surface area (Å²) in [4.78, 5) is 3.62. The number of benzene rings is 2. The first-order chi connectivity index (χ1) is 10.6. The van der Waals surface area contributed by atoms with Gasteiger partial charge in [0.1, 0.15) is 0 Å². The van der Waals surface area contributed by atoms with Crippen molar-refractivity contribution in [3.05, 3.63) is 52.4 Å². The van der Waals surface area contributed by atoms with Gasteiger partial charge in [0, 0.05) is 14.8 Å². The van der Waals surface area contributed by atoms with E-state index in [1.165, 1.54) is 18.8 Å². The predicted octanol–water partition coefficient (Wildman–Crippen LogP) is 6.31. The highest BCUT2D eigenvalue weighted by Crippen LogP contribution is 2.46. The van der Waals surface area contributed by atoms with Crippen LogP contribution in [0, 0.1) is 31.8 Å². The van der Waals surface area contributed by atoms with E-state index in [9.17, 15) is 5.26 Å². The summed E-state index contributed by atoms with van der Waals surface area (Å²) in [6.45, 7) is 11.3. The molecule has 0 aliphatic carbocycles. The fourth-order valence-corrected chi connectivity index (χ4v) is 5.58. The van der Waals surface area contributed by atoms with Crippen molar-refractivity contribution < 1.29 is 0 Å². The number of nitrogens with zero attached hydrogens (tertiary/aromatic N) is 2. The second-order valence-corrected chi connectivity index (χ2v) is 7.49. The quantitative estimate of drug-likeness (QED) is 0.349. The summed E-state index contributed by atoms with van der Waals surface area (Å²) in [6, 6.07) is 10.5. The number of aryl methyl sites for hydroxylation is 2. The molecule has 0 saturated heterocycles. The molecule has 0 unspecified atom stereocenters. The Balaban J connectivity index is 2.19. The minimum Gasteiger partial charge on any atom is -0.238 e. The Bertz CT molecular complexity index is 1070. The van der Waals surface area contributed by atoms with Crippen molar-refractivity contribution in [1.29, 1.82) is 5.26 Å². The highest BCUT2D eigenvalue weighted by Gasteiger charge is 2.15. The van der Waals surface area contributed by atoms with Gasteiger partial charge in [-0.15, -0.1) is 22.7 Å². The maximum atomic E-state index is 9.26. The third-order valence-electron chi connectivity index (χ3n) is 3.99. The van der Waals surface area contributed by atoms with E-state index in [0.29, 0.717) is 0 Å². The summed E-state index contributed by atoms with van der Waals surface area (Å²) < 4.78 is 4.89. The molecular weight excluding hydrogens is 308 g/mol. The summed E-state index contributed by atoms with van der Waals surface area (Å²) in [7, 11) is 0. The largest absolute Gasteiger partial charge is 0.238 e. The summed E-state index contributed by atoms with van der Waals surface area (Å²) >= 11 is 3.51. The van der Waals surface area contributed by atoms with Gasteiger partial charge in [-0.2, -0.15) is 5.26 Å². The van der Waals surface area contributed by atoms with Crippen LogP contribution in [0.1, 0.15) is 16.7 Å². The average Bonchev–Trinajstić information content (AvgIpc) is 3.00. The van der Waals surface area contributed by atoms with Gasteiger partial charge in [-0.05, 0) is 48.6 Å². The van der Waals surface area contributed by atoms with Crippen molar-refractivity contribution in [3.63, 3.8) is 0 Å². The lowest BCUT2D eigenvalue weighted by molar-refractivity contribution is 1.42. The highest BCUT2D eigenvalue weighted by atomic mass is 32.1. The fraction of sp³-hybridized carbons (Fsp3) is 0.111. The number of rotatable bonds is 0. The SMILES string of the molecule is [C-]#[N+]c1cc2c(cc1C)sc1c3cc(C#N)c(C)cc3sc21. The van der Waals surface area contributed by atoms with Gasteiger partial charge in [-0.1, -0.05) is 6.07 Å². The van der Waals surface area contributed by atoms with Crippen molar-refractivity contribution in [2.24, 2.45) is 0 Å². The van der Waals surface area contributed by atoms with Crippen LogP contribution in [0.5, 0.6) is 0 Å². The molecule has 0 atom stereocenters. The lowest BCUT2D eigenvalue weighted by Crippen LogP contribution is -1.79. The van der Waals surface area contributed by atoms with Crippen molar-refractivity contribution in [3.8, 4) is 6.07 Å². The minimum atomic E-state index is 0.721. The molecule has 0 N–H and O–H groups in total. The molecule has 2 aromatic heterocycles. The van der Waals surface area contributed by atoms with E-state index in [-0.39, 0.29) is 0 Å². The van der Waals surface area contributed by atoms with Crippen LogP contribution in [-0.2, 0) is 0 Å². The molecule has 2 nitrogen and oxygen atoms in total. The molecule has 0 fully saturated rings. The standard InChI is InChI=1S/C18H10N2S2/c1-9-4-15-12(6-11(9)8-19)17-18(21-15)13-7-14(20-3)10(2)5-16(13)22-17/h4-7H,1-2H3. The number of hydrogen-bond donors (Lipinski definition) is 0. The maximum absolute atomic E-state index is 9.26. The fourth-order valence-electron chi connectivity index (χ4n) is 2.78. The van der Waals surface area contributed by atoms with Gasteiger partial charge in [0.25, 0.3) is 0 Å². The second kappa shape index (κ2) is 4.55. The predicted molar refractivity (Wildman–Crippen MR) is 95.2 cm³/mol. The second-order valence-electron chi connectivity index (χ2n) is 5.38. The van der Waals surface area contributed by atoms with Gasteiger partial charge >= 0.3 is 0 Å². The van der Waals surface area contributed by atoms with Crippen LogP contribution in [-0.4, -0.2) is 0 Å². The highest BCUT2D eigenvalue weighted by molar-refractivity contribution is 7.36. The molecule has 104 valence electrons. The maximum Gasteiger partial charge on any atom is 0.190 e. The number of fused-ring (bicyclic) bond motifs is 5. The molecule has 0 spiro atoms. The van der Waals surface area contributed by atoms with Crippen molar-refractivity contribution >= 4 is 57.9 Å². The van der Waals surface area contributed by atoms with Crippen LogP contribution >= 0.6 is 22.7 Å². The smallest absolute Gasteiger partial charge is 0.190 e. The van der Waals surface area contributed by atoms with Crippen LogP contribution in [0.4, 0.5) is 5.69 Å². The zero-order valence-electron chi connectivity index (χ0n) is 12.0. The normalized spacial score (nSPS) is 11.1. The monoisotopic (exact) mass is 318 g/mol. The lowest BCUT2D eigenvalue weighted by atomic mass is 10.1. The third-order valence-corrected chi connectivity index (χ3v) is 6.49. The van der Waals surface area contributed by atoms with Gasteiger partial charge in [-0.3, -0.25) is 0 Å². The van der Waals surface area contributed by atoms with Crippen molar-refractivity contribution in [1.82, 2.24) is 0 Å². The molecule has 0 aliphatic heterocycles. The number of nitriles is 1. The van der Waals surface area contributed by atoms with Gasteiger partial charge in [-0.25, -0.2) is 4.85 Å². The summed E-state index contributed by atoms with van der Waals surface area (Å²) in [5.74, 6) is 0. The summed E-state index contributed by atoms with van der Waals surface area (Å²) in [5.41, 5.74) is 3.50. The molecule has 0 amide bonds. The number of hydrogen-bond acceptors (Lipinski definition) is 3. The van der Waals surface area contributed by atoms with E-state index >= 15 is 0 Å². The lowest BCUT2D eigenvalue weighted by Gasteiger charge is -1.98. The molecule has 0 radical (unpaired) electrons. The van der Waals surface area contributed by atoms with E-state index in [4.69, 9.17) is 6.57 Å². The Kier molecular flexibility index (Phi) is 2.74. The van der Waals surface area contributed by atoms with Crippen LogP contribution in [0.2, 0.25) is 0 Å². The van der Waals surface area contributed by atoms with Crippen molar-refractivity contribution in [2.45, 2.75) is 13.8 Å². The van der Waals surface area contributed by atoms with E-state index < -0.39 is 0 Å². The summed E-state index contributed by atoms with van der Waals surface area (Å²) in [5, 5.41) is 11.6. The first kappa shape index (κ1) is 13.3. The molecule has 2 aromatic carbocycles. The van der Waals surface area contributed by atoms with Crippen LogP contribution in [0.3, 0.4) is 0 Å². The van der Waals surface area contributed by atoms with Crippen LogP contribution < -0.4 is 0 Å². The third kappa shape index (κ3) is 1.69. The van der Waals surface area contributed by atoms with Gasteiger partial charge in [0.05, 0.1) is 27.6 Å². The Morgan fingerprint density at radius 1 is 0.955 bits per heavy atom. The van der Waals surface area contributed by atoms with Gasteiger partial charge in [0.15, 0.2) is 5.69 Å². The topological polar surface area (TPSA) is 28.1 Å². The Morgan fingerprint density at radius 3 is 2.14 bits per heavy atom. The Labute approximate surface area is 135 Å². The molecule has 4 rings (SSSR count). The zero-order valence-corrected chi connectivity index (χ0v) is 13.7. The van der Waals surface area contributed by atoms with E-state index in [1.807, 2.05) is 26.0 Å². The van der Waals surface area contributed by atoms with E-state index in [0.717, 1.165) is 33.2 Å². The molecule has 0 bridgehead atoms. The number of thiophene rings is 2. The van der Waals surface area contributed by atoms with E-state index in [1.54, 1.807) is 22.7 Å². The van der Waals surface area contributed by atoms with Crippen LogP contribution in [0.15, 0.2) is 24.3 Å². The molecule has 0 saturated carbocycles. The van der Waals surface area contributed by atoms with Crippen LogP contribution in [0.25, 0.3) is 34.4 Å². The molecule has 4 heteroatoms. The minimum absolute atomic E-state index is 0.721. The van der Waals surface area contributed by atoms with E-state index in [2.05, 4.69) is 23.0 Å². The first-order valence-electron chi connectivity index (χ1n) is 6.80. The van der Waals surface area contributed by atoms with Gasteiger partial charge in [0.2, 0.25) is 0 Å². The molecule has 22 heavy (non-hydrogen) atoms. The average molecular weight is 318 g/mol. The molecule has 4 aromatic rings. The zero-order chi connectivity index (χ0) is 15.4. The molecule has 0 aliphatic rings. The summed E-state index contributed by atoms with van der Waals surface area (Å²) in [6.07, 6.45) is 0. The Morgan fingerprint density at radius 2 is 1.55 bits per heavy atom. The van der Waals surface area contributed by atoms with Crippen molar-refractivity contribution in [2.75, 3.05) is 0 Å². The molecular formula is C18H10N2S2. The van der Waals surface area contributed by atoms with Gasteiger partial charge < -0.3 is 0 Å². The first-order valence-corrected chi connectivity index (χ1v) is 8.43. The Hall–Kier alpha value is -2.40. The molecule has 2 heterocycles.